The standard InChI is InChI=1S/C16H20BrF2NO/c1-20(2)16(8-4-3-5-9-16)14(21)10-11-13(18)7-6-12(17)15(11)19/h6-7H,3-5,8-10H2,1-2H3. The molecule has 0 saturated heterocycles. The first-order chi connectivity index (χ1) is 9.88. The molecule has 0 unspecified atom stereocenters. The topological polar surface area (TPSA) is 20.3 Å². The number of nitrogens with zero attached hydrogens (tertiary/aromatic N) is 1. The van der Waals surface area contributed by atoms with Gasteiger partial charge in [0.2, 0.25) is 0 Å². The van der Waals surface area contributed by atoms with Crippen LogP contribution in [0, 0.1) is 11.6 Å². The molecule has 5 heteroatoms. The van der Waals surface area contributed by atoms with Gasteiger partial charge in [-0.2, -0.15) is 0 Å². The highest BCUT2D eigenvalue weighted by molar-refractivity contribution is 9.10. The van der Waals surface area contributed by atoms with Crippen molar-refractivity contribution in [3.8, 4) is 0 Å². The maximum Gasteiger partial charge on any atom is 0.157 e. The second kappa shape index (κ2) is 6.53. The lowest BCUT2D eigenvalue weighted by Crippen LogP contribution is -2.53. The lowest BCUT2D eigenvalue weighted by atomic mass is 9.76. The second-order valence-corrected chi connectivity index (χ2v) is 6.76. The third-order valence-corrected chi connectivity index (χ3v) is 5.14. The molecule has 0 heterocycles. The van der Waals surface area contributed by atoms with Crippen molar-refractivity contribution in [1.29, 1.82) is 0 Å². The molecule has 0 bridgehead atoms. The van der Waals surface area contributed by atoms with Crippen molar-refractivity contribution in [2.45, 2.75) is 44.1 Å². The Morgan fingerprint density at radius 1 is 1.24 bits per heavy atom. The predicted octanol–water partition coefficient (Wildman–Crippen LogP) is 4.10. The first kappa shape index (κ1) is 16.6. The zero-order valence-electron chi connectivity index (χ0n) is 12.4. The Bertz CT molecular complexity index is 539. The van der Waals surface area contributed by atoms with Gasteiger partial charge in [-0.3, -0.25) is 9.69 Å². The number of hydrogen-bond acceptors (Lipinski definition) is 2. The minimum Gasteiger partial charge on any atom is -0.297 e. The minimum absolute atomic E-state index is 0.0944. The fourth-order valence-electron chi connectivity index (χ4n) is 3.17. The summed E-state index contributed by atoms with van der Waals surface area (Å²) >= 11 is 3.05. The van der Waals surface area contributed by atoms with Crippen LogP contribution in [0.5, 0.6) is 0 Å². The van der Waals surface area contributed by atoms with E-state index >= 15 is 0 Å². The average molecular weight is 360 g/mol. The van der Waals surface area contributed by atoms with E-state index < -0.39 is 17.2 Å². The number of Topliss-reactive ketones (excluding diaryl/α,β-unsaturated/α-hetero) is 1. The van der Waals surface area contributed by atoms with Crippen molar-refractivity contribution in [3.63, 3.8) is 0 Å². The molecule has 1 aromatic carbocycles. The molecule has 0 aromatic heterocycles. The van der Waals surface area contributed by atoms with E-state index in [1.807, 2.05) is 19.0 Å². The van der Waals surface area contributed by atoms with E-state index in [-0.39, 0.29) is 22.2 Å². The molecule has 116 valence electrons. The third-order valence-electron chi connectivity index (χ3n) is 4.53. The maximum absolute atomic E-state index is 14.1. The molecule has 1 fully saturated rings. The van der Waals surface area contributed by atoms with Gasteiger partial charge in [-0.25, -0.2) is 8.78 Å². The van der Waals surface area contributed by atoms with Crippen molar-refractivity contribution >= 4 is 21.7 Å². The van der Waals surface area contributed by atoms with Gasteiger partial charge in [0.05, 0.1) is 10.0 Å². The molecule has 2 rings (SSSR count). The summed E-state index contributed by atoms with van der Waals surface area (Å²) in [5.41, 5.74) is -0.722. The number of rotatable bonds is 4. The molecular weight excluding hydrogens is 340 g/mol. The second-order valence-electron chi connectivity index (χ2n) is 5.91. The molecule has 1 aliphatic carbocycles. The SMILES string of the molecule is CN(C)C1(C(=O)Cc2c(F)ccc(Br)c2F)CCCCC1. The Hall–Kier alpha value is -0.810. The number of ketones is 1. The van der Waals surface area contributed by atoms with Gasteiger partial charge in [-0.15, -0.1) is 0 Å². The van der Waals surface area contributed by atoms with E-state index in [9.17, 15) is 13.6 Å². The molecule has 0 amide bonds. The summed E-state index contributed by atoms with van der Waals surface area (Å²) in [6, 6.07) is 2.51. The van der Waals surface area contributed by atoms with E-state index in [0.29, 0.717) is 0 Å². The van der Waals surface area contributed by atoms with Gasteiger partial charge in [-0.05, 0) is 55.0 Å². The van der Waals surface area contributed by atoms with Gasteiger partial charge in [-0.1, -0.05) is 19.3 Å². The molecular formula is C16H20BrF2NO. The van der Waals surface area contributed by atoms with Gasteiger partial charge >= 0.3 is 0 Å². The molecule has 0 atom stereocenters. The van der Waals surface area contributed by atoms with Crippen LogP contribution < -0.4 is 0 Å². The van der Waals surface area contributed by atoms with Crippen LogP contribution in [-0.4, -0.2) is 30.3 Å². The minimum atomic E-state index is -0.673. The van der Waals surface area contributed by atoms with Crippen LogP contribution in [0.1, 0.15) is 37.7 Å². The maximum atomic E-state index is 14.1. The summed E-state index contributed by atoms with van der Waals surface area (Å²) in [6.07, 6.45) is 4.39. The lowest BCUT2D eigenvalue weighted by molar-refractivity contribution is -0.131. The van der Waals surface area contributed by atoms with Crippen LogP contribution in [0.4, 0.5) is 8.78 Å². The van der Waals surface area contributed by atoms with E-state index in [4.69, 9.17) is 0 Å². The molecule has 1 saturated carbocycles. The van der Waals surface area contributed by atoms with Gasteiger partial charge in [0.1, 0.15) is 11.6 Å². The molecule has 0 radical (unpaired) electrons. The van der Waals surface area contributed by atoms with Gasteiger partial charge < -0.3 is 0 Å². The van der Waals surface area contributed by atoms with Crippen LogP contribution in [0.15, 0.2) is 16.6 Å². The van der Waals surface area contributed by atoms with Gasteiger partial charge in [0, 0.05) is 12.0 Å². The molecule has 0 spiro atoms. The molecule has 21 heavy (non-hydrogen) atoms. The van der Waals surface area contributed by atoms with E-state index in [1.54, 1.807) is 0 Å². The summed E-state index contributed by atoms with van der Waals surface area (Å²) in [5.74, 6) is -1.43. The normalized spacial score (nSPS) is 18.0. The summed E-state index contributed by atoms with van der Waals surface area (Å²) in [6.45, 7) is 0. The summed E-state index contributed by atoms with van der Waals surface area (Å²) < 4.78 is 28.1. The average Bonchev–Trinajstić information content (AvgIpc) is 2.48. The number of hydrogen-bond donors (Lipinski definition) is 0. The van der Waals surface area contributed by atoms with Crippen LogP contribution in [0.2, 0.25) is 0 Å². The Morgan fingerprint density at radius 2 is 1.86 bits per heavy atom. The largest absolute Gasteiger partial charge is 0.297 e. The fourth-order valence-corrected chi connectivity index (χ4v) is 3.54. The van der Waals surface area contributed by atoms with Gasteiger partial charge in [0.15, 0.2) is 5.78 Å². The van der Waals surface area contributed by atoms with Gasteiger partial charge in [0.25, 0.3) is 0 Å². The zero-order valence-corrected chi connectivity index (χ0v) is 14.0. The third kappa shape index (κ3) is 3.19. The highest BCUT2D eigenvalue weighted by atomic mass is 79.9. The lowest BCUT2D eigenvalue weighted by Gasteiger charge is -2.41. The monoisotopic (exact) mass is 359 g/mol. The number of halogens is 3. The fraction of sp³-hybridized carbons (Fsp3) is 0.562. The van der Waals surface area contributed by atoms with Crippen LogP contribution in [0.25, 0.3) is 0 Å². The Kier molecular flexibility index (Phi) is 5.15. The molecule has 0 aliphatic heterocycles. The summed E-state index contributed by atoms with van der Waals surface area (Å²) in [5, 5.41) is 0. The summed E-state index contributed by atoms with van der Waals surface area (Å²) in [7, 11) is 3.74. The highest BCUT2D eigenvalue weighted by Crippen LogP contribution is 2.34. The van der Waals surface area contributed by atoms with E-state index in [2.05, 4.69) is 15.9 Å². The van der Waals surface area contributed by atoms with Crippen molar-refractivity contribution in [2.75, 3.05) is 14.1 Å². The first-order valence-electron chi connectivity index (χ1n) is 7.21. The molecule has 2 nitrogen and oxygen atoms in total. The van der Waals surface area contributed by atoms with Crippen molar-refractivity contribution in [1.82, 2.24) is 4.90 Å². The number of benzene rings is 1. The van der Waals surface area contributed by atoms with Crippen LogP contribution >= 0.6 is 15.9 Å². The van der Waals surface area contributed by atoms with Crippen molar-refractivity contribution in [3.05, 3.63) is 33.8 Å². The Morgan fingerprint density at radius 3 is 2.43 bits per heavy atom. The molecule has 0 N–H and O–H groups in total. The number of likely N-dealkylation sites (N-methyl/N-ethyl adjacent to an activating group) is 1. The first-order valence-corrected chi connectivity index (χ1v) is 8.01. The smallest absolute Gasteiger partial charge is 0.157 e. The van der Waals surface area contributed by atoms with Crippen LogP contribution in [0.3, 0.4) is 0 Å². The van der Waals surface area contributed by atoms with Crippen molar-refractivity contribution < 1.29 is 13.6 Å². The quantitative estimate of drug-likeness (QED) is 0.754. The highest BCUT2D eigenvalue weighted by Gasteiger charge is 2.41. The van der Waals surface area contributed by atoms with Crippen molar-refractivity contribution in [2.24, 2.45) is 0 Å². The number of carbonyl (C=O) groups excluding carboxylic acids is 1. The van der Waals surface area contributed by atoms with Crippen LogP contribution in [-0.2, 0) is 11.2 Å². The Labute approximate surface area is 132 Å². The molecule has 1 aromatic rings. The zero-order chi connectivity index (χ0) is 15.6. The Balaban J connectivity index is 2.30. The van der Waals surface area contributed by atoms with E-state index in [1.165, 1.54) is 12.1 Å². The predicted molar refractivity (Wildman–Crippen MR) is 82.3 cm³/mol. The van der Waals surface area contributed by atoms with E-state index in [0.717, 1.165) is 32.1 Å². The molecule has 1 aliphatic rings. The summed E-state index contributed by atoms with van der Waals surface area (Å²) in [4.78, 5) is 14.7. The number of carbonyl (C=O) groups is 1.